The summed E-state index contributed by atoms with van der Waals surface area (Å²) in [6.45, 7) is 3.49. The zero-order valence-corrected chi connectivity index (χ0v) is 18.1. The van der Waals surface area contributed by atoms with Gasteiger partial charge in [0.05, 0.1) is 35.2 Å². The minimum Gasteiger partial charge on any atom is -0.394 e. The van der Waals surface area contributed by atoms with Crippen LogP contribution in [0.2, 0.25) is 5.02 Å². The first-order valence-corrected chi connectivity index (χ1v) is 10.6. The van der Waals surface area contributed by atoms with E-state index in [2.05, 4.69) is 10.6 Å². The molecule has 30 heavy (non-hydrogen) atoms. The van der Waals surface area contributed by atoms with Crippen LogP contribution in [0.25, 0.3) is 0 Å². The van der Waals surface area contributed by atoms with Crippen LogP contribution >= 0.6 is 11.6 Å². The summed E-state index contributed by atoms with van der Waals surface area (Å²) < 4.78 is 0. The van der Waals surface area contributed by atoms with Gasteiger partial charge in [-0.1, -0.05) is 49.7 Å². The number of carbonyl (C=O) groups excluding carboxylic acids is 3. The molecule has 0 unspecified atom stereocenters. The number of nitrogens with zero attached hydrogens (tertiary/aromatic N) is 1. The van der Waals surface area contributed by atoms with Crippen molar-refractivity contribution in [2.45, 2.75) is 32.4 Å². The van der Waals surface area contributed by atoms with Gasteiger partial charge in [-0.25, -0.2) is 0 Å². The molecular formula is C22H28ClN3O4. The fourth-order valence-corrected chi connectivity index (χ4v) is 4.87. The van der Waals surface area contributed by atoms with Crippen LogP contribution in [0.1, 0.15) is 20.3 Å². The number of fused-ring (bicyclic) bond motifs is 1. The van der Waals surface area contributed by atoms with E-state index in [1.165, 1.54) is 4.90 Å². The lowest BCUT2D eigenvalue weighted by Gasteiger charge is -2.33. The molecule has 2 aliphatic rings. The highest BCUT2D eigenvalue weighted by molar-refractivity contribution is 6.33. The predicted molar refractivity (Wildman–Crippen MR) is 115 cm³/mol. The molecule has 1 fully saturated rings. The van der Waals surface area contributed by atoms with Crippen molar-refractivity contribution >= 4 is 35.0 Å². The second-order valence-electron chi connectivity index (χ2n) is 7.89. The molecule has 0 radical (unpaired) electrons. The third-order valence-electron chi connectivity index (χ3n) is 6.23. The summed E-state index contributed by atoms with van der Waals surface area (Å²) in [4.78, 5) is 40.9. The van der Waals surface area contributed by atoms with E-state index in [0.717, 1.165) is 0 Å². The van der Waals surface area contributed by atoms with Crippen LogP contribution in [-0.2, 0) is 14.4 Å². The second kappa shape index (κ2) is 9.18. The Balaban J connectivity index is 2.02. The van der Waals surface area contributed by atoms with E-state index >= 15 is 0 Å². The van der Waals surface area contributed by atoms with Gasteiger partial charge in [0.1, 0.15) is 6.04 Å². The number of hydrogen-bond acceptors (Lipinski definition) is 4. The molecule has 3 N–H and O–H groups in total. The standard InChI is InChI=1S/C22H28ClN3O4/c1-4-13(11-27)26-19(21(29)25-16-8-6-5-7-15(16)23)14-10-9-12(2)17(20(28)24-3)18(14)22(26)30/h5-10,12-14,17-19,27H,4,11H2,1-3H3,(H,24,28)(H,25,29)/t12-,13+,14+,17-,18-,19+/m1/s1. The smallest absolute Gasteiger partial charge is 0.247 e. The van der Waals surface area contributed by atoms with Crippen molar-refractivity contribution in [1.29, 1.82) is 0 Å². The summed E-state index contributed by atoms with van der Waals surface area (Å²) in [6.07, 6.45) is 4.25. The largest absolute Gasteiger partial charge is 0.394 e. The number of halogens is 1. The van der Waals surface area contributed by atoms with Gasteiger partial charge >= 0.3 is 0 Å². The lowest BCUT2D eigenvalue weighted by Crippen LogP contribution is -2.50. The molecule has 3 rings (SSSR count). The van der Waals surface area contributed by atoms with Crippen LogP contribution in [0, 0.1) is 23.7 Å². The number of anilines is 1. The Hall–Kier alpha value is -2.38. The van der Waals surface area contributed by atoms with Crippen molar-refractivity contribution in [2.75, 3.05) is 19.0 Å². The van der Waals surface area contributed by atoms with Gasteiger partial charge in [-0.2, -0.15) is 0 Å². The molecule has 0 saturated carbocycles. The highest BCUT2D eigenvalue weighted by atomic mass is 35.5. The molecule has 6 atom stereocenters. The number of para-hydroxylation sites is 1. The van der Waals surface area contributed by atoms with Crippen LogP contribution in [-0.4, -0.2) is 53.5 Å². The lowest BCUT2D eigenvalue weighted by molar-refractivity contribution is -0.142. The first-order chi connectivity index (χ1) is 14.3. The van der Waals surface area contributed by atoms with Gasteiger partial charge in [-0.15, -0.1) is 0 Å². The summed E-state index contributed by atoms with van der Waals surface area (Å²) in [5.74, 6) is -2.73. The van der Waals surface area contributed by atoms with Crippen LogP contribution in [0.15, 0.2) is 36.4 Å². The van der Waals surface area contributed by atoms with E-state index in [1.54, 1.807) is 31.3 Å². The maximum atomic E-state index is 13.5. The van der Waals surface area contributed by atoms with Crippen molar-refractivity contribution in [3.63, 3.8) is 0 Å². The predicted octanol–water partition coefficient (Wildman–Crippen LogP) is 2.06. The van der Waals surface area contributed by atoms with Gasteiger partial charge in [0.25, 0.3) is 0 Å². The number of nitrogens with one attached hydrogen (secondary N) is 2. The zero-order valence-electron chi connectivity index (χ0n) is 17.3. The highest BCUT2D eigenvalue weighted by Gasteiger charge is 2.57. The third kappa shape index (κ3) is 3.84. The minimum atomic E-state index is -0.841. The fraction of sp³-hybridized carbons (Fsp3) is 0.500. The Morgan fingerprint density at radius 3 is 2.53 bits per heavy atom. The van der Waals surface area contributed by atoms with E-state index in [-0.39, 0.29) is 30.2 Å². The van der Waals surface area contributed by atoms with Gasteiger partial charge in [-0.3, -0.25) is 14.4 Å². The Bertz CT molecular complexity index is 855. The van der Waals surface area contributed by atoms with Gasteiger partial charge in [0.15, 0.2) is 0 Å². The number of hydrogen-bond donors (Lipinski definition) is 3. The lowest BCUT2D eigenvalue weighted by atomic mass is 9.70. The topological polar surface area (TPSA) is 98.7 Å². The Morgan fingerprint density at radius 2 is 1.93 bits per heavy atom. The molecule has 1 heterocycles. The van der Waals surface area contributed by atoms with Crippen LogP contribution < -0.4 is 10.6 Å². The van der Waals surface area contributed by atoms with Gasteiger partial charge in [0, 0.05) is 13.0 Å². The summed E-state index contributed by atoms with van der Waals surface area (Å²) in [5, 5.41) is 15.8. The number of amides is 3. The van der Waals surface area contributed by atoms with Crippen LogP contribution in [0.3, 0.4) is 0 Å². The molecule has 3 amide bonds. The quantitative estimate of drug-likeness (QED) is 0.598. The maximum absolute atomic E-state index is 13.5. The molecule has 1 aromatic rings. The fourth-order valence-electron chi connectivity index (χ4n) is 4.68. The number of allylic oxidation sites excluding steroid dienone is 1. The molecule has 0 aromatic heterocycles. The Kier molecular flexibility index (Phi) is 6.83. The number of benzene rings is 1. The molecule has 7 nitrogen and oxygen atoms in total. The van der Waals surface area contributed by atoms with Gasteiger partial charge in [-0.05, 0) is 24.5 Å². The Morgan fingerprint density at radius 1 is 1.23 bits per heavy atom. The SMILES string of the molecule is CC[C@@H](CO)N1C(=O)[C@@H]2[C@H](C=C[C@@H](C)[C@H]2C(=O)NC)[C@H]1C(=O)Nc1ccccc1Cl. The summed E-state index contributed by atoms with van der Waals surface area (Å²) in [7, 11) is 1.55. The zero-order chi connectivity index (χ0) is 22.0. The summed E-state index contributed by atoms with van der Waals surface area (Å²) in [6, 6.07) is 5.52. The van der Waals surface area contributed by atoms with Crippen molar-refractivity contribution in [3.05, 3.63) is 41.4 Å². The summed E-state index contributed by atoms with van der Waals surface area (Å²) in [5.41, 5.74) is 0.452. The Labute approximate surface area is 181 Å². The van der Waals surface area contributed by atoms with Crippen molar-refractivity contribution in [3.8, 4) is 0 Å². The first kappa shape index (κ1) is 22.3. The highest BCUT2D eigenvalue weighted by Crippen LogP contribution is 2.45. The van der Waals surface area contributed by atoms with Crippen molar-refractivity contribution in [1.82, 2.24) is 10.2 Å². The molecule has 1 aromatic carbocycles. The third-order valence-corrected chi connectivity index (χ3v) is 6.56. The number of likely N-dealkylation sites (tertiary alicyclic amines) is 1. The number of carbonyl (C=O) groups is 3. The van der Waals surface area contributed by atoms with Gasteiger partial charge in [0.2, 0.25) is 17.7 Å². The van der Waals surface area contributed by atoms with Crippen LogP contribution in [0.5, 0.6) is 0 Å². The van der Waals surface area contributed by atoms with E-state index < -0.39 is 29.8 Å². The number of rotatable bonds is 6. The van der Waals surface area contributed by atoms with E-state index in [1.807, 2.05) is 26.0 Å². The van der Waals surface area contributed by atoms with Crippen molar-refractivity contribution in [2.24, 2.45) is 23.7 Å². The first-order valence-electron chi connectivity index (χ1n) is 10.2. The maximum Gasteiger partial charge on any atom is 0.247 e. The number of aliphatic hydroxyl groups excluding tert-OH is 1. The molecule has 0 bridgehead atoms. The average molecular weight is 434 g/mol. The molecule has 1 aliphatic heterocycles. The molecule has 1 aliphatic carbocycles. The normalized spacial score (nSPS) is 28.8. The second-order valence-corrected chi connectivity index (χ2v) is 8.30. The number of aliphatic hydroxyl groups is 1. The van der Waals surface area contributed by atoms with Crippen LogP contribution in [0.4, 0.5) is 5.69 Å². The molecule has 0 spiro atoms. The van der Waals surface area contributed by atoms with Crippen molar-refractivity contribution < 1.29 is 19.5 Å². The molecule has 1 saturated heterocycles. The average Bonchev–Trinajstić information content (AvgIpc) is 3.03. The molecule has 162 valence electrons. The minimum absolute atomic E-state index is 0.142. The molecular weight excluding hydrogens is 406 g/mol. The van der Waals surface area contributed by atoms with E-state index in [0.29, 0.717) is 17.1 Å². The van der Waals surface area contributed by atoms with E-state index in [9.17, 15) is 19.5 Å². The monoisotopic (exact) mass is 433 g/mol. The van der Waals surface area contributed by atoms with E-state index in [4.69, 9.17) is 11.6 Å². The van der Waals surface area contributed by atoms with Gasteiger partial charge < -0.3 is 20.6 Å². The molecule has 8 heteroatoms. The summed E-state index contributed by atoms with van der Waals surface area (Å²) >= 11 is 6.20.